The third-order valence-electron chi connectivity index (χ3n) is 2.98. The number of nitrogens with one attached hydrogen (secondary N) is 1. The Balaban J connectivity index is 1.88. The molecular formula is C16H18N2O2. The Morgan fingerprint density at radius 1 is 1.25 bits per heavy atom. The Morgan fingerprint density at radius 2 is 2.05 bits per heavy atom. The molecule has 4 heteroatoms. The van der Waals surface area contributed by atoms with E-state index in [4.69, 9.17) is 5.11 Å². The maximum Gasteiger partial charge on any atom is 0.226 e. The van der Waals surface area contributed by atoms with Gasteiger partial charge in [-0.1, -0.05) is 24.3 Å². The molecule has 1 heterocycles. The minimum absolute atomic E-state index is 0.00893. The van der Waals surface area contributed by atoms with Crippen molar-refractivity contribution in [3.8, 4) is 0 Å². The third kappa shape index (κ3) is 4.17. The van der Waals surface area contributed by atoms with Gasteiger partial charge in [0.25, 0.3) is 0 Å². The Labute approximate surface area is 118 Å². The van der Waals surface area contributed by atoms with Crippen LogP contribution in [0.4, 0.5) is 0 Å². The monoisotopic (exact) mass is 270 g/mol. The predicted octanol–water partition coefficient (Wildman–Crippen LogP) is 1.74. The van der Waals surface area contributed by atoms with Crippen molar-refractivity contribution < 1.29 is 9.90 Å². The number of benzene rings is 1. The molecule has 0 unspecified atom stereocenters. The summed E-state index contributed by atoms with van der Waals surface area (Å²) >= 11 is 0. The molecule has 0 atom stereocenters. The quantitative estimate of drug-likeness (QED) is 0.870. The number of carbonyl (C=O) groups excluding carboxylic acids is 1. The Kier molecular flexibility index (Phi) is 4.85. The summed E-state index contributed by atoms with van der Waals surface area (Å²) in [5.41, 5.74) is 3.68. The van der Waals surface area contributed by atoms with E-state index < -0.39 is 0 Å². The van der Waals surface area contributed by atoms with E-state index in [1.165, 1.54) is 0 Å². The van der Waals surface area contributed by atoms with Gasteiger partial charge in [-0.15, -0.1) is 0 Å². The second-order valence-electron chi connectivity index (χ2n) is 4.76. The normalized spacial score (nSPS) is 10.3. The van der Waals surface area contributed by atoms with Crippen LogP contribution in [0, 0.1) is 6.92 Å². The summed E-state index contributed by atoms with van der Waals surface area (Å²) in [5, 5.41) is 11.9. The van der Waals surface area contributed by atoms with Crippen molar-refractivity contribution in [1.82, 2.24) is 10.3 Å². The van der Waals surface area contributed by atoms with Crippen LogP contribution < -0.4 is 5.32 Å². The summed E-state index contributed by atoms with van der Waals surface area (Å²) in [4.78, 5) is 16.0. The van der Waals surface area contributed by atoms with E-state index in [0.29, 0.717) is 6.54 Å². The number of carbonyl (C=O) groups is 1. The van der Waals surface area contributed by atoms with Crippen LogP contribution in [0.2, 0.25) is 0 Å². The highest BCUT2D eigenvalue weighted by Gasteiger charge is 2.05. The first-order valence-electron chi connectivity index (χ1n) is 6.54. The average molecular weight is 270 g/mol. The summed E-state index contributed by atoms with van der Waals surface area (Å²) in [6, 6.07) is 11.3. The van der Waals surface area contributed by atoms with E-state index in [1.54, 1.807) is 6.20 Å². The molecule has 0 saturated heterocycles. The maximum absolute atomic E-state index is 11.9. The van der Waals surface area contributed by atoms with Gasteiger partial charge >= 0.3 is 0 Å². The van der Waals surface area contributed by atoms with Gasteiger partial charge in [-0.05, 0) is 35.7 Å². The van der Waals surface area contributed by atoms with Crippen molar-refractivity contribution in [3.63, 3.8) is 0 Å². The smallest absolute Gasteiger partial charge is 0.226 e. The van der Waals surface area contributed by atoms with E-state index in [9.17, 15) is 4.79 Å². The van der Waals surface area contributed by atoms with Gasteiger partial charge in [0.2, 0.25) is 5.91 Å². The number of hydrogen-bond acceptors (Lipinski definition) is 3. The molecule has 4 nitrogen and oxygen atoms in total. The van der Waals surface area contributed by atoms with Crippen LogP contribution >= 0.6 is 0 Å². The van der Waals surface area contributed by atoms with Crippen LogP contribution in [0.3, 0.4) is 0 Å². The molecule has 1 aromatic carbocycles. The van der Waals surface area contributed by atoms with Crippen LogP contribution in [-0.2, 0) is 24.4 Å². The molecular weight excluding hydrogens is 252 g/mol. The highest BCUT2D eigenvalue weighted by Crippen LogP contribution is 2.05. The standard InChI is InChI=1S/C16H18N2O2/c1-12-5-6-17-15(7-12)9-16(20)18-10-13-3-2-4-14(8-13)11-19/h2-8,19H,9-11H2,1H3,(H,18,20). The summed E-state index contributed by atoms with van der Waals surface area (Å²) in [7, 11) is 0. The highest BCUT2D eigenvalue weighted by molar-refractivity contribution is 5.78. The molecule has 2 aromatic rings. The molecule has 0 spiro atoms. The molecule has 1 aromatic heterocycles. The largest absolute Gasteiger partial charge is 0.392 e. The average Bonchev–Trinajstić information content (AvgIpc) is 2.45. The third-order valence-corrected chi connectivity index (χ3v) is 2.98. The van der Waals surface area contributed by atoms with E-state index in [2.05, 4.69) is 10.3 Å². The molecule has 0 aliphatic rings. The number of aryl methyl sites for hydroxylation is 1. The van der Waals surface area contributed by atoms with Gasteiger partial charge in [-0.3, -0.25) is 9.78 Å². The molecule has 104 valence electrons. The fourth-order valence-corrected chi connectivity index (χ4v) is 1.96. The maximum atomic E-state index is 11.9. The second kappa shape index (κ2) is 6.82. The summed E-state index contributed by atoms with van der Waals surface area (Å²) < 4.78 is 0. The molecule has 0 fully saturated rings. The van der Waals surface area contributed by atoms with Gasteiger partial charge in [0.15, 0.2) is 0 Å². The molecule has 0 radical (unpaired) electrons. The summed E-state index contributed by atoms with van der Waals surface area (Å²) in [6.45, 7) is 2.44. The molecule has 2 rings (SSSR count). The summed E-state index contributed by atoms with van der Waals surface area (Å²) in [6.07, 6.45) is 1.99. The van der Waals surface area contributed by atoms with Crippen molar-refractivity contribution >= 4 is 5.91 Å². The van der Waals surface area contributed by atoms with Gasteiger partial charge in [-0.2, -0.15) is 0 Å². The van der Waals surface area contributed by atoms with Crippen LogP contribution in [0.1, 0.15) is 22.4 Å². The zero-order valence-corrected chi connectivity index (χ0v) is 11.5. The van der Waals surface area contributed by atoms with Crippen molar-refractivity contribution in [1.29, 1.82) is 0 Å². The molecule has 0 bridgehead atoms. The van der Waals surface area contributed by atoms with E-state index in [-0.39, 0.29) is 18.9 Å². The minimum Gasteiger partial charge on any atom is -0.392 e. The SMILES string of the molecule is Cc1ccnc(CC(=O)NCc2cccc(CO)c2)c1. The first kappa shape index (κ1) is 14.2. The van der Waals surface area contributed by atoms with Crippen LogP contribution in [0.15, 0.2) is 42.6 Å². The topological polar surface area (TPSA) is 62.2 Å². The lowest BCUT2D eigenvalue weighted by atomic mass is 10.1. The Bertz CT molecular complexity index is 597. The number of aromatic nitrogens is 1. The number of hydrogen-bond donors (Lipinski definition) is 2. The molecule has 20 heavy (non-hydrogen) atoms. The fourth-order valence-electron chi connectivity index (χ4n) is 1.96. The Morgan fingerprint density at radius 3 is 2.80 bits per heavy atom. The van der Waals surface area contributed by atoms with Gasteiger partial charge in [-0.25, -0.2) is 0 Å². The van der Waals surface area contributed by atoms with Crippen LogP contribution in [0.25, 0.3) is 0 Å². The molecule has 0 aliphatic carbocycles. The predicted molar refractivity (Wildman–Crippen MR) is 76.9 cm³/mol. The van der Waals surface area contributed by atoms with E-state index in [1.807, 2.05) is 43.3 Å². The van der Waals surface area contributed by atoms with Crippen molar-refractivity contribution in [2.75, 3.05) is 0 Å². The molecule has 1 amide bonds. The number of aliphatic hydroxyl groups is 1. The first-order valence-corrected chi connectivity index (χ1v) is 6.54. The van der Waals surface area contributed by atoms with Crippen molar-refractivity contribution in [3.05, 3.63) is 65.0 Å². The zero-order valence-electron chi connectivity index (χ0n) is 11.5. The number of amides is 1. The van der Waals surface area contributed by atoms with Crippen LogP contribution in [0.5, 0.6) is 0 Å². The summed E-state index contributed by atoms with van der Waals surface area (Å²) in [5.74, 6) is -0.0579. The zero-order chi connectivity index (χ0) is 14.4. The van der Waals surface area contributed by atoms with Crippen molar-refractivity contribution in [2.24, 2.45) is 0 Å². The number of rotatable bonds is 5. The fraction of sp³-hybridized carbons (Fsp3) is 0.250. The first-order chi connectivity index (χ1) is 9.67. The van der Waals surface area contributed by atoms with Gasteiger partial charge in [0, 0.05) is 18.4 Å². The highest BCUT2D eigenvalue weighted by atomic mass is 16.3. The number of nitrogens with zero attached hydrogens (tertiary/aromatic N) is 1. The minimum atomic E-state index is -0.0579. The molecule has 2 N–H and O–H groups in total. The van der Waals surface area contributed by atoms with Gasteiger partial charge in [0.1, 0.15) is 0 Å². The van der Waals surface area contributed by atoms with Gasteiger partial charge < -0.3 is 10.4 Å². The Hall–Kier alpha value is -2.20. The molecule has 0 aliphatic heterocycles. The van der Waals surface area contributed by atoms with E-state index >= 15 is 0 Å². The second-order valence-corrected chi connectivity index (χ2v) is 4.76. The molecule has 0 saturated carbocycles. The van der Waals surface area contributed by atoms with Crippen LogP contribution in [-0.4, -0.2) is 16.0 Å². The van der Waals surface area contributed by atoms with Crippen molar-refractivity contribution in [2.45, 2.75) is 26.5 Å². The van der Waals surface area contributed by atoms with E-state index in [0.717, 1.165) is 22.4 Å². The number of pyridine rings is 1. The lowest BCUT2D eigenvalue weighted by Gasteiger charge is -2.06. The van der Waals surface area contributed by atoms with Gasteiger partial charge in [0.05, 0.1) is 13.0 Å². The lowest BCUT2D eigenvalue weighted by Crippen LogP contribution is -2.25. The lowest BCUT2D eigenvalue weighted by molar-refractivity contribution is -0.120. The number of aliphatic hydroxyl groups excluding tert-OH is 1.